The van der Waals surface area contributed by atoms with E-state index >= 15 is 0 Å². The number of aromatic nitrogens is 1. The molecule has 1 aromatic heterocycles. The van der Waals surface area contributed by atoms with Gasteiger partial charge in [0.25, 0.3) is 0 Å². The zero-order chi connectivity index (χ0) is 15.6. The molecule has 1 aliphatic rings. The van der Waals surface area contributed by atoms with E-state index in [1.54, 1.807) is 0 Å². The average molecular weight is 324 g/mol. The maximum Gasteiger partial charge on any atom is 0.0722 e. The second kappa shape index (κ2) is 6.09. The van der Waals surface area contributed by atoms with Crippen molar-refractivity contribution in [3.8, 4) is 0 Å². The van der Waals surface area contributed by atoms with Crippen LogP contribution in [0.15, 0.2) is 60.8 Å². The maximum absolute atomic E-state index is 6.11. The summed E-state index contributed by atoms with van der Waals surface area (Å²) >= 11 is 6.11. The third-order valence-electron chi connectivity index (χ3n) is 4.37. The van der Waals surface area contributed by atoms with E-state index in [2.05, 4.69) is 39.5 Å². The van der Waals surface area contributed by atoms with Crippen LogP contribution in [-0.4, -0.2) is 24.1 Å². The van der Waals surface area contributed by atoms with Gasteiger partial charge in [0, 0.05) is 47.1 Å². The summed E-state index contributed by atoms with van der Waals surface area (Å²) in [5.41, 5.74) is 3.39. The van der Waals surface area contributed by atoms with Gasteiger partial charge in [0.15, 0.2) is 0 Å². The Morgan fingerprint density at radius 3 is 2.91 bits per heavy atom. The van der Waals surface area contributed by atoms with Crippen LogP contribution in [0, 0.1) is 0 Å². The number of benzene rings is 2. The van der Waals surface area contributed by atoms with Gasteiger partial charge in [0.05, 0.1) is 5.52 Å². The van der Waals surface area contributed by atoms with Crippen LogP contribution >= 0.6 is 11.6 Å². The molecule has 2 heterocycles. The molecule has 116 valence electrons. The predicted molar refractivity (Wildman–Crippen MR) is 97.4 cm³/mol. The van der Waals surface area contributed by atoms with E-state index in [-0.39, 0.29) is 0 Å². The van der Waals surface area contributed by atoms with E-state index in [9.17, 15) is 0 Å². The molecule has 1 fully saturated rings. The Morgan fingerprint density at radius 1 is 1.09 bits per heavy atom. The number of para-hydroxylation sites is 1. The lowest BCUT2D eigenvalue weighted by Crippen LogP contribution is -2.26. The largest absolute Gasteiger partial charge is 0.380 e. The molecule has 2 aromatic carbocycles. The Balaban J connectivity index is 1.52. The van der Waals surface area contributed by atoms with E-state index < -0.39 is 0 Å². The number of hydrogen-bond donors (Lipinski definition) is 1. The molecule has 0 bridgehead atoms. The van der Waals surface area contributed by atoms with Crippen LogP contribution in [0.4, 0.5) is 11.4 Å². The minimum Gasteiger partial charge on any atom is -0.380 e. The van der Waals surface area contributed by atoms with Crippen LogP contribution in [-0.2, 0) is 0 Å². The second-order valence-electron chi connectivity index (χ2n) is 5.93. The third kappa shape index (κ3) is 2.97. The third-order valence-corrected chi connectivity index (χ3v) is 4.61. The van der Waals surface area contributed by atoms with Gasteiger partial charge < -0.3 is 10.2 Å². The van der Waals surface area contributed by atoms with Crippen molar-refractivity contribution in [3.05, 3.63) is 65.8 Å². The zero-order valence-electron chi connectivity index (χ0n) is 12.7. The van der Waals surface area contributed by atoms with Gasteiger partial charge in [-0.1, -0.05) is 35.9 Å². The van der Waals surface area contributed by atoms with Crippen LogP contribution in [0.2, 0.25) is 5.02 Å². The van der Waals surface area contributed by atoms with Crippen LogP contribution in [0.1, 0.15) is 6.42 Å². The molecule has 1 unspecified atom stereocenters. The van der Waals surface area contributed by atoms with Crippen LogP contribution in [0.25, 0.3) is 10.9 Å². The summed E-state index contributed by atoms with van der Waals surface area (Å²) < 4.78 is 0. The number of pyridine rings is 1. The maximum atomic E-state index is 6.11. The molecule has 3 nitrogen and oxygen atoms in total. The van der Waals surface area contributed by atoms with Gasteiger partial charge in [-0.15, -0.1) is 0 Å². The Labute approximate surface area is 140 Å². The fraction of sp³-hybridized carbons (Fsp3) is 0.211. The number of rotatable bonds is 3. The molecule has 0 radical (unpaired) electrons. The fourth-order valence-corrected chi connectivity index (χ4v) is 3.41. The summed E-state index contributed by atoms with van der Waals surface area (Å²) in [7, 11) is 0. The molecule has 1 aliphatic heterocycles. The monoisotopic (exact) mass is 323 g/mol. The summed E-state index contributed by atoms with van der Waals surface area (Å²) in [5, 5.41) is 5.65. The van der Waals surface area contributed by atoms with E-state index in [1.807, 2.05) is 36.5 Å². The lowest BCUT2D eigenvalue weighted by molar-refractivity contribution is 0.808. The smallest absolute Gasteiger partial charge is 0.0722 e. The average Bonchev–Trinajstić information content (AvgIpc) is 3.04. The van der Waals surface area contributed by atoms with Crippen molar-refractivity contribution in [1.82, 2.24) is 4.98 Å². The van der Waals surface area contributed by atoms with Crippen LogP contribution < -0.4 is 10.2 Å². The van der Waals surface area contributed by atoms with E-state index in [1.165, 1.54) is 11.1 Å². The molecule has 1 atom stereocenters. The van der Waals surface area contributed by atoms with Crippen molar-refractivity contribution >= 4 is 33.9 Å². The van der Waals surface area contributed by atoms with E-state index in [0.29, 0.717) is 6.04 Å². The highest BCUT2D eigenvalue weighted by atomic mass is 35.5. The molecule has 0 saturated carbocycles. The summed E-state index contributed by atoms with van der Waals surface area (Å²) in [4.78, 5) is 6.81. The van der Waals surface area contributed by atoms with Crippen molar-refractivity contribution in [2.45, 2.75) is 12.5 Å². The fourth-order valence-electron chi connectivity index (χ4n) is 3.23. The van der Waals surface area contributed by atoms with Crippen molar-refractivity contribution in [3.63, 3.8) is 0 Å². The molecular weight excluding hydrogens is 306 g/mol. The molecule has 3 aromatic rings. The quantitative estimate of drug-likeness (QED) is 0.764. The number of nitrogens with one attached hydrogen (secondary N) is 1. The Morgan fingerprint density at radius 2 is 2.00 bits per heavy atom. The van der Waals surface area contributed by atoms with Crippen LogP contribution in [0.3, 0.4) is 0 Å². The van der Waals surface area contributed by atoms with Crippen molar-refractivity contribution in [1.29, 1.82) is 0 Å². The molecule has 0 spiro atoms. The highest BCUT2D eigenvalue weighted by Crippen LogP contribution is 2.27. The zero-order valence-corrected chi connectivity index (χ0v) is 13.5. The van der Waals surface area contributed by atoms with Gasteiger partial charge >= 0.3 is 0 Å². The standard InChI is InChI=1S/C19H18ClN3/c20-14-4-3-5-16(12-14)23-11-9-15(13-23)22-19-8-10-21-18-7-2-1-6-17(18)19/h1-8,10,12,15H,9,11,13H2,(H,21,22). The van der Waals surface area contributed by atoms with Crippen molar-refractivity contribution in [2.24, 2.45) is 0 Å². The molecule has 4 rings (SSSR count). The molecule has 0 amide bonds. The summed E-state index contributed by atoms with van der Waals surface area (Å²) in [6.07, 6.45) is 2.98. The number of fused-ring (bicyclic) bond motifs is 1. The Bertz CT molecular complexity index is 828. The first-order valence-electron chi connectivity index (χ1n) is 7.90. The normalized spacial score (nSPS) is 17.6. The highest BCUT2D eigenvalue weighted by Gasteiger charge is 2.23. The first-order chi connectivity index (χ1) is 11.3. The second-order valence-corrected chi connectivity index (χ2v) is 6.37. The van der Waals surface area contributed by atoms with Crippen LogP contribution in [0.5, 0.6) is 0 Å². The van der Waals surface area contributed by atoms with E-state index in [4.69, 9.17) is 11.6 Å². The summed E-state index contributed by atoms with van der Waals surface area (Å²) in [6.45, 7) is 2.03. The predicted octanol–water partition coefficient (Wildman–Crippen LogP) is 4.58. The van der Waals surface area contributed by atoms with Gasteiger partial charge in [-0.3, -0.25) is 4.98 Å². The van der Waals surface area contributed by atoms with E-state index in [0.717, 1.165) is 35.7 Å². The number of hydrogen-bond acceptors (Lipinski definition) is 3. The lowest BCUT2D eigenvalue weighted by Gasteiger charge is -2.20. The molecular formula is C19H18ClN3. The Hall–Kier alpha value is -2.26. The van der Waals surface area contributed by atoms with Gasteiger partial charge in [0.2, 0.25) is 0 Å². The minimum absolute atomic E-state index is 0.430. The number of halogens is 1. The lowest BCUT2D eigenvalue weighted by atomic mass is 10.1. The number of nitrogens with zero attached hydrogens (tertiary/aromatic N) is 2. The van der Waals surface area contributed by atoms with Crippen molar-refractivity contribution < 1.29 is 0 Å². The molecule has 4 heteroatoms. The topological polar surface area (TPSA) is 28.2 Å². The van der Waals surface area contributed by atoms with Gasteiger partial charge in [0.1, 0.15) is 0 Å². The minimum atomic E-state index is 0.430. The highest BCUT2D eigenvalue weighted by molar-refractivity contribution is 6.30. The SMILES string of the molecule is Clc1cccc(N2CCC(Nc3ccnc4ccccc34)C2)c1. The Kier molecular flexibility index (Phi) is 3.80. The molecule has 0 aliphatic carbocycles. The van der Waals surface area contributed by atoms with Gasteiger partial charge in [-0.25, -0.2) is 0 Å². The van der Waals surface area contributed by atoms with Crippen molar-refractivity contribution in [2.75, 3.05) is 23.3 Å². The summed E-state index contributed by atoms with van der Waals surface area (Å²) in [5.74, 6) is 0. The molecule has 1 N–H and O–H groups in total. The summed E-state index contributed by atoms with van der Waals surface area (Å²) in [6, 6.07) is 18.8. The molecule has 1 saturated heterocycles. The first kappa shape index (κ1) is 14.3. The first-order valence-corrected chi connectivity index (χ1v) is 8.28. The number of anilines is 2. The molecule has 23 heavy (non-hydrogen) atoms. The van der Waals surface area contributed by atoms with Gasteiger partial charge in [-0.2, -0.15) is 0 Å². The van der Waals surface area contributed by atoms with Gasteiger partial charge in [-0.05, 0) is 36.8 Å².